The molecule has 0 atom stereocenters. The van der Waals surface area contributed by atoms with Crippen molar-refractivity contribution < 1.29 is 13.6 Å². The van der Waals surface area contributed by atoms with E-state index in [-0.39, 0.29) is 13.2 Å². The van der Waals surface area contributed by atoms with E-state index in [0.29, 0.717) is 0 Å². The molecule has 152 valence electrons. The summed E-state index contributed by atoms with van der Waals surface area (Å²) in [5, 5.41) is 0. The van der Waals surface area contributed by atoms with Crippen molar-refractivity contribution in [2.24, 2.45) is 0 Å². The molecule has 0 fully saturated rings. The molecule has 5 nitrogen and oxygen atoms in total. The lowest BCUT2D eigenvalue weighted by Gasteiger charge is -2.13. The van der Waals surface area contributed by atoms with Crippen LogP contribution in [0.4, 0.5) is 11.4 Å². The van der Waals surface area contributed by atoms with E-state index in [0.717, 1.165) is 59.3 Å². The van der Waals surface area contributed by atoms with Crippen LogP contribution in [0, 0.1) is 0 Å². The van der Waals surface area contributed by atoms with Crippen molar-refractivity contribution in [1.29, 1.82) is 0 Å². The minimum atomic E-state index is -2.22. The topological polar surface area (TPSA) is 87.6 Å². The third-order valence-electron chi connectivity index (χ3n) is 5.19. The number of benzene rings is 2. The lowest BCUT2D eigenvalue weighted by Crippen LogP contribution is -2.04. The first-order valence-electron chi connectivity index (χ1n) is 9.97. The molecule has 0 unspecified atom stereocenters. The lowest BCUT2D eigenvalue weighted by atomic mass is 9.96. The van der Waals surface area contributed by atoms with Gasteiger partial charge in [0.2, 0.25) is 0 Å². The SMILES string of the molecule is CCc1c(N)ccc(CO[P+](=O)OCc2ccc(N)c(CC)c2CC)c1CC. The summed E-state index contributed by atoms with van der Waals surface area (Å²) in [5.41, 5.74) is 20.4. The molecule has 28 heavy (non-hydrogen) atoms. The Morgan fingerprint density at radius 3 is 1.36 bits per heavy atom. The second-order valence-electron chi connectivity index (χ2n) is 6.73. The van der Waals surface area contributed by atoms with Gasteiger partial charge in [0.15, 0.2) is 0 Å². The maximum Gasteiger partial charge on any atom is 0.698 e. The number of nitrogen functional groups attached to an aromatic ring is 2. The summed E-state index contributed by atoms with van der Waals surface area (Å²) < 4.78 is 23.3. The summed E-state index contributed by atoms with van der Waals surface area (Å²) in [4.78, 5) is 0. The summed E-state index contributed by atoms with van der Waals surface area (Å²) in [6, 6.07) is 7.66. The van der Waals surface area contributed by atoms with Gasteiger partial charge in [-0.3, -0.25) is 0 Å². The van der Waals surface area contributed by atoms with E-state index in [2.05, 4.69) is 27.7 Å². The van der Waals surface area contributed by atoms with Gasteiger partial charge in [0.1, 0.15) is 13.2 Å². The molecule has 4 N–H and O–H groups in total. The Bertz CT molecular complexity index is 770. The summed E-state index contributed by atoms with van der Waals surface area (Å²) in [6.45, 7) is 8.84. The van der Waals surface area contributed by atoms with Gasteiger partial charge in [-0.25, -0.2) is 0 Å². The monoisotopic (exact) mass is 403 g/mol. The first kappa shape index (κ1) is 22.4. The number of nitrogens with two attached hydrogens (primary N) is 2. The van der Waals surface area contributed by atoms with E-state index < -0.39 is 8.25 Å². The average Bonchev–Trinajstić information content (AvgIpc) is 2.70. The van der Waals surface area contributed by atoms with E-state index in [1.54, 1.807) is 0 Å². The lowest BCUT2D eigenvalue weighted by molar-refractivity contribution is 0.212. The predicted molar refractivity (Wildman–Crippen MR) is 116 cm³/mol. The van der Waals surface area contributed by atoms with Crippen LogP contribution in [0.1, 0.15) is 61.1 Å². The van der Waals surface area contributed by atoms with Crippen LogP contribution in [-0.4, -0.2) is 0 Å². The van der Waals surface area contributed by atoms with Crippen molar-refractivity contribution in [3.63, 3.8) is 0 Å². The second-order valence-corrected chi connectivity index (χ2v) is 7.69. The van der Waals surface area contributed by atoms with E-state index >= 15 is 0 Å². The van der Waals surface area contributed by atoms with Crippen molar-refractivity contribution in [2.45, 2.75) is 66.6 Å². The van der Waals surface area contributed by atoms with Crippen molar-refractivity contribution >= 4 is 19.6 Å². The van der Waals surface area contributed by atoms with Crippen LogP contribution >= 0.6 is 8.25 Å². The highest BCUT2D eigenvalue weighted by atomic mass is 31.1. The van der Waals surface area contributed by atoms with Crippen molar-refractivity contribution in [1.82, 2.24) is 0 Å². The fraction of sp³-hybridized carbons (Fsp3) is 0.455. The molecule has 0 amide bonds. The molecule has 2 rings (SSSR count). The molecule has 0 aliphatic rings. The van der Waals surface area contributed by atoms with Gasteiger partial charge in [0.05, 0.1) is 0 Å². The first-order chi connectivity index (χ1) is 13.5. The Morgan fingerprint density at radius 2 is 1.04 bits per heavy atom. The molecule has 0 saturated heterocycles. The Labute approximate surface area is 169 Å². The minimum absolute atomic E-state index is 0.244. The number of rotatable bonds is 10. The number of hydrogen-bond acceptors (Lipinski definition) is 5. The normalized spacial score (nSPS) is 11.0. The minimum Gasteiger partial charge on any atom is -0.398 e. The predicted octanol–water partition coefficient (Wildman–Crippen LogP) is 5.49. The Hall–Kier alpha value is -1.94. The highest BCUT2D eigenvalue weighted by Crippen LogP contribution is 2.32. The van der Waals surface area contributed by atoms with Crippen molar-refractivity contribution in [3.8, 4) is 0 Å². The van der Waals surface area contributed by atoms with Crippen LogP contribution in [0.3, 0.4) is 0 Å². The molecule has 0 aliphatic carbocycles. The molecule has 0 bridgehead atoms. The third-order valence-corrected chi connectivity index (χ3v) is 5.87. The van der Waals surface area contributed by atoms with Gasteiger partial charge in [-0.15, -0.1) is 9.05 Å². The Kier molecular flexibility index (Phi) is 8.43. The molecular weight excluding hydrogens is 371 g/mol. The summed E-state index contributed by atoms with van der Waals surface area (Å²) in [6.07, 6.45) is 3.44. The molecular formula is C22H32N2O3P+. The van der Waals surface area contributed by atoms with E-state index in [9.17, 15) is 4.57 Å². The molecule has 0 heterocycles. The zero-order chi connectivity index (χ0) is 20.7. The highest BCUT2D eigenvalue weighted by molar-refractivity contribution is 7.33. The van der Waals surface area contributed by atoms with Crippen molar-refractivity contribution in [2.75, 3.05) is 11.5 Å². The van der Waals surface area contributed by atoms with Crippen LogP contribution in [0.15, 0.2) is 24.3 Å². The van der Waals surface area contributed by atoms with E-state index in [4.69, 9.17) is 20.5 Å². The van der Waals surface area contributed by atoms with Gasteiger partial charge >= 0.3 is 8.25 Å². The van der Waals surface area contributed by atoms with Crippen LogP contribution in [-0.2, 0) is 52.5 Å². The van der Waals surface area contributed by atoms with Gasteiger partial charge in [-0.1, -0.05) is 39.8 Å². The zero-order valence-electron chi connectivity index (χ0n) is 17.4. The summed E-state index contributed by atoms with van der Waals surface area (Å²) in [7, 11) is -2.22. The second kappa shape index (κ2) is 10.6. The maximum atomic E-state index is 12.3. The van der Waals surface area contributed by atoms with Crippen molar-refractivity contribution in [3.05, 3.63) is 57.6 Å². The molecule has 0 aromatic heterocycles. The van der Waals surface area contributed by atoms with Crippen LogP contribution in [0.2, 0.25) is 0 Å². The largest absolute Gasteiger partial charge is 0.698 e. The molecule has 2 aromatic carbocycles. The van der Waals surface area contributed by atoms with Gasteiger partial charge in [-0.2, -0.15) is 0 Å². The highest BCUT2D eigenvalue weighted by Gasteiger charge is 2.23. The first-order valence-corrected chi connectivity index (χ1v) is 11.1. The van der Waals surface area contributed by atoms with Crippen LogP contribution in [0.5, 0.6) is 0 Å². The molecule has 0 aliphatic heterocycles. The number of anilines is 2. The maximum absolute atomic E-state index is 12.3. The van der Waals surface area contributed by atoms with Gasteiger partial charge in [0, 0.05) is 15.9 Å². The van der Waals surface area contributed by atoms with Crippen LogP contribution in [0.25, 0.3) is 0 Å². The van der Waals surface area contributed by atoms with Gasteiger partial charge in [-0.05, 0) is 71.2 Å². The van der Waals surface area contributed by atoms with Crippen LogP contribution < -0.4 is 11.5 Å². The molecule has 6 heteroatoms. The number of hydrogen-bond donors (Lipinski definition) is 2. The van der Waals surface area contributed by atoms with E-state index in [1.165, 1.54) is 11.1 Å². The Morgan fingerprint density at radius 1 is 0.679 bits per heavy atom. The third kappa shape index (κ3) is 5.11. The quantitative estimate of drug-likeness (QED) is 0.404. The molecule has 0 spiro atoms. The van der Waals surface area contributed by atoms with E-state index in [1.807, 2.05) is 24.3 Å². The summed E-state index contributed by atoms with van der Waals surface area (Å²) >= 11 is 0. The standard InChI is InChI=1S/C22H32N2O3P/c1-5-17-15(9-11-21(23)19(17)7-3)13-26-28(25)27-14-16-10-12-22(24)20(8-4)18(16)6-2/h9-12H,5-8,13-14,23-24H2,1-4H3/q+1. The average molecular weight is 403 g/mol. The van der Waals surface area contributed by atoms with Gasteiger partial charge < -0.3 is 11.5 Å². The molecule has 0 radical (unpaired) electrons. The fourth-order valence-corrected chi connectivity index (χ4v) is 4.35. The fourth-order valence-electron chi connectivity index (χ4n) is 3.79. The Balaban J connectivity index is 2.03. The zero-order valence-corrected chi connectivity index (χ0v) is 18.3. The summed E-state index contributed by atoms with van der Waals surface area (Å²) in [5.74, 6) is 0. The molecule has 0 saturated carbocycles. The molecule has 2 aromatic rings. The smallest absolute Gasteiger partial charge is 0.398 e. The van der Waals surface area contributed by atoms with Gasteiger partial charge in [0.25, 0.3) is 0 Å².